The third kappa shape index (κ3) is 11.8. The van der Waals surface area contributed by atoms with Gasteiger partial charge >= 0.3 is 11.9 Å². The summed E-state index contributed by atoms with van der Waals surface area (Å²) in [7, 11) is 0. The Hall–Kier alpha value is -3.80. The molecule has 0 N–H and O–H groups in total. The van der Waals surface area contributed by atoms with E-state index in [9.17, 15) is 9.59 Å². The van der Waals surface area contributed by atoms with Crippen molar-refractivity contribution in [3.8, 4) is 28.4 Å². The zero-order chi connectivity index (χ0) is 30.9. The molecule has 0 bridgehead atoms. The van der Waals surface area contributed by atoms with Crippen LogP contribution in [0.1, 0.15) is 102 Å². The van der Waals surface area contributed by atoms with Gasteiger partial charge in [0, 0.05) is 0 Å². The molecule has 0 aliphatic rings. The van der Waals surface area contributed by atoms with Gasteiger partial charge < -0.3 is 18.9 Å². The fourth-order valence-electron chi connectivity index (χ4n) is 4.69. The minimum absolute atomic E-state index is 0.108. The Kier molecular flexibility index (Phi) is 14.6. The van der Waals surface area contributed by atoms with Gasteiger partial charge in [-0.15, -0.1) is 0 Å². The molecule has 3 aromatic carbocycles. The minimum atomic E-state index is -0.740. The molecule has 0 aliphatic heterocycles. The highest BCUT2D eigenvalue weighted by Gasteiger charge is 2.20. The lowest BCUT2D eigenvalue weighted by Gasteiger charge is -2.18. The van der Waals surface area contributed by atoms with Gasteiger partial charge in [0.1, 0.15) is 23.4 Å². The predicted octanol–water partition coefficient (Wildman–Crippen LogP) is 9.59. The number of benzene rings is 3. The summed E-state index contributed by atoms with van der Waals surface area (Å²) < 4.78 is 22.6. The Bertz CT molecular complexity index is 1210. The van der Waals surface area contributed by atoms with Crippen LogP contribution in [0.3, 0.4) is 0 Å². The summed E-state index contributed by atoms with van der Waals surface area (Å²) in [4.78, 5) is 25.0. The van der Waals surface area contributed by atoms with E-state index in [0.717, 1.165) is 42.7 Å². The van der Waals surface area contributed by atoms with Gasteiger partial charge in [-0.25, -0.2) is 9.59 Å². The van der Waals surface area contributed by atoms with Gasteiger partial charge in [-0.2, -0.15) is 0 Å². The Morgan fingerprint density at radius 2 is 1.14 bits per heavy atom. The molecule has 0 fully saturated rings. The first-order valence-electron chi connectivity index (χ1n) is 16.0. The molecule has 1 unspecified atom stereocenters. The molecule has 232 valence electrons. The molecular weight excluding hydrogens is 540 g/mol. The minimum Gasteiger partial charge on any atom is -0.494 e. The van der Waals surface area contributed by atoms with Crippen LogP contribution in [0.15, 0.2) is 72.8 Å². The van der Waals surface area contributed by atoms with Crippen molar-refractivity contribution in [2.75, 3.05) is 6.61 Å². The number of carbonyl (C=O) groups excluding carboxylic acids is 2. The molecule has 43 heavy (non-hydrogen) atoms. The van der Waals surface area contributed by atoms with E-state index in [0.29, 0.717) is 17.1 Å². The van der Waals surface area contributed by atoms with E-state index in [4.69, 9.17) is 18.9 Å². The molecule has 1 atom stereocenters. The number of esters is 2. The van der Waals surface area contributed by atoms with E-state index in [1.165, 1.54) is 44.9 Å². The van der Waals surface area contributed by atoms with Crippen LogP contribution in [0.2, 0.25) is 0 Å². The van der Waals surface area contributed by atoms with Crippen molar-refractivity contribution in [2.45, 2.75) is 104 Å². The first-order chi connectivity index (χ1) is 20.9. The molecule has 0 aromatic heterocycles. The van der Waals surface area contributed by atoms with Crippen molar-refractivity contribution in [1.29, 1.82) is 0 Å². The summed E-state index contributed by atoms with van der Waals surface area (Å²) in [6, 6.07) is 22.0. The fraction of sp³-hybridized carbons (Fsp3) is 0.459. The number of hydrogen-bond acceptors (Lipinski definition) is 6. The lowest BCUT2D eigenvalue weighted by molar-refractivity contribution is -0.157. The van der Waals surface area contributed by atoms with Gasteiger partial charge in [-0.3, -0.25) is 0 Å². The zero-order valence-corrected chi connectivity index (χ0v) is 26.3. The van der Waals surface area contributed by atoms with Crippen molar-refractivity contribution in [3.05, 3.63) is 78.4 Å². The first kappa shape index (κ1) is 33.7. The van der Waals surface area contributed by atoms with Crippen LogP contribution in [-0.2, 0) is 9.53 Å². The normalized spacial score (nSPS) is 11.7. The van der Waals surface area contributed by atoms with Crippen LogP contribution in [-0.4, -0.2) is 30.8 Å². The molecule has 0 radical (unpaired) electrons. The third-order valence-corrected chi connectivity index (χ3v) is 7.45. The number of ether oxygens (including phenoxy) is 4. The fourth-order valence-corrected chi connectivity index (χ4v) is 4.69. The van der Waals surface area contributed by atoms with Gasteiger partial charge in [-0.05, 0) is 85.8 Å². The Morgan fingerprint density at radius 1 is 0.628 bits per heavy atom. The van der Waals surface area contributed by atoms with Crippen LogP contribution in [0.25, 0.3) is 11.1 Å². The van der Waals surface area contributed by atoms with Gasteiger partial charge in [0.15, 0.2) is 6.10 Å². The molecular formula is C37H48O6. The lowest BCUT2D eigenvalue weighted by atomic mass is 10.0. The molecule has 3 aromatic rings. The highest BCUT2D eigenvalue weighted by molar-refractivity contribution is 5.91. The highest BCUT2D eigenvalue weighted by Crippen LogP contribution is 2.25. The van der Waals surface area contributed by atoms with Crippen molar-refractivity contribution in [1.82, 2.24) is 0 Å². The van der Waals surface area contributed by atoms with E-state index < -0.39 is 18.0 Å². The standard InChI is InChI=1S/C37H48O6/c1-5-8-9-10-11-12-13-14-27-40-33-21-19-30(20-22-33)29-15-17-31(18-16-29)37(39)43-35-25-23-34(24-26-35)41-28(4)36(38)42-32(6-2)7-3/h15-26,28,32H,5-14,27H2,1-4H3. The van der Waals surface area contributed by atoms with Gasteiger partial charge in [0.2, 0.25) is 0 Å². The molecule has 0 saturated carbocycles. The topological polar surface area (TPSA) is 71.1 Å². The monoisotopic (exact) mass is 588 g/mol. The molecule has 3 rings (SSSR count). The number of carbonyl (C=O) groups is 2. The number of unbranched alkanes of at least 4 members (excludes halogenated alkanes) is 7. The summed E-state index contributed by atoms with van der Waals surface area (Å²) in [5.41, 5.74) is 2.50. The Morgan fingerprint density at radius 3 is 1.72 bits per heavy atom. The average Bonchev–Trinajstić information content (AvgIpc) is 3.04. The second-order valence-electron chi connectivity index (χ2n) is 10.9. The van der Waals surface area contributed by atoms with Gasteiger partial charge in [0.25, 0.3) is 0 Å². The summed E-state index contributed by atoms with van der Waals surface area (Å²) in [6.07, 6.45) is 10.9. The Balaban J connectivity index is 1.42. The molecule has 6 nitrogen and oxygen atoms in total. The lowest BCUT2D eigenvalue weighted by Crippen LogP contribution is -2.29. The van der Waals surface area contributed by atoms with Crippen LogP contribution in [0, 0.1) is 0 Å². The van der Waals surface area contributed by atoms with Gasteiger partial charge in [-0.1, -0.05) is 90.0 Å². The number of rotatable bonds is 19. The molecule has 0 spiro atoms. The second kappa shape index (κ2) is 18.7. The van der Waals surface area contributed by atoms with Crippen molar-refractivity contribution < 1.29 is 28.5 Å². The summed E-state index contributed by atoms with van der Waals surface area (Å²) in [6.45, 7) is 8.61. The van der Waals surface area contributed by atoms with Gasteiger partial charge in [0.05, 0.1) is 12.2 Å². The molecule has 0 saturated heterocycles. The summed E-state index contributed by atoms with van der Waals surface area (Å²) in [5, 5.41) is 0. The first-order valence-corrected chi connectivity index (χ1v) is 16.0. The maximum Gasteiger partial charge on any atom is 0.347 e. The van der Waals surface area contributed by atoms with Crippen LogP contribution >= 0.6 is 0 Å². The maximum atomic E-state index is 12.7. The largest absolute Gasteiger partial charge is 0.494 e. The Labute approximate surface area is 257 Å². The quantitative estimate of drug-likeness (QED) is 0.0789. The van der Waals surface area contributed by atoms with Crippen LogP contribution in [0.4, 0.5) is 0 Å². The van der Waals surface area contributed by atoms with E-state index >= 15 is 0 Å². The van der Waals surface area contributed by atoms with E-state index in [1.54, 1.807) is 43.3 Å². The summed E-state index contributed by atoms with van der Waals surface area (Å²) >= 11 is 0. The molecule has 0 amide bonds. The van der Waals surface area contributed by atoms with E-state index in [2.05, 4.69) is 6.92 Å². The SMILES string of the molecule is CCCCCCCCCCOc1ccc(-c2ccc(C(=O)Oc3ccc(OC(C)C(=O)OC(CC)CC)cc3)cc2)cc1. The zero-order valence-electron chi connectivity index (χ0n) is 26.3. The molecule has 0 aliphatic carbocycles. The predicted molar refractivity (Wildman–Crippen MR) is 172 cm³/mol. The average molecular weight is 589 g/mol. The van der Waals surface area contributed by atoms with Crippen LogP contribution in [0.5, 0.6) is 17.2 Å². The molecule has 0 heterocycles. The highest BCUT2D eigenvalue weighted by atomic mass is 16.6. The maximum absolute atomic E-state index is 12.7. The summed E-state index contributed by atoms with van der Waals surface area (Å²) in [5.74, 6) is 0.899. The molecule has 6 heteroatoms. The van der Waals surface area contributed by atoms with Crippen molar-refractivity contribution >= 4 is 11.9 Å². The van der Waals surface area contributed by atoms with Crippen molar-refractivity contribution in [3.63, 3.8) is 0 Å². The van der Waals surface area contributed by atoms with Crippen molar-refractivity contribution in [2.24, 2.45) is 0 Å². The number of hydrogen-bond donors (Lipinski definition) is 0. The van der Waals surface area contributed by atoms with Crippen LogP contribution < -0.4 is 14.2 Å². The van der Waals surface area contributed by atoms with E-state index in [-0.39, 0.29) is 6.10 Å². The van der Waals surface area contributed by atoms with E-state index in [1.807, 2.05) is 50.2 Å². The second-order valence-corrected chi connectivity index (χ2v) is 10.9. The third-order valence-electron chi connectivity index (χ3n) is 7.45. The smallest absolute Gasteiger partial charge is 0.347 e.